The molecule has 2 aromatic heterocycles. The molecule has 0 saturated carbocycles. The number of carbonyl (C=O) groups excluding carboxylic acids is 2. The lowest BCUT2D eigenvalue weighted by molar-refractivity contribution is -0.139. The van der Waals surface area contributed by atoms with Gasteiger partial charge in [-0.05, 0) is 38.2 Å². The molecule has 0 aliphatic heterocycles. The van der Waals surface area contributed by atoms with Crippen LogP contribution in [-0.2, 0) is 4.79 Å². The summed E-state index contributed by atoms with van der Waals surface area (Å²) in [6.45, 7) is 6.00. The second-order valence-electron chi connectivity index (χ2n) is 9.00. The molecule has 192 valence electrons. The van der Waals surface area contributed by atoms with Crippen LogP contribution in [0.3, 0.4) is 0 Å². The number of nitrogens with one attached hydrogen (secondary N) is 3. The van der Waals surface area contributed by atoms with Crippen molar-refractivity contribution in [3.63, 3.8) is 0 Å². The molecule has 11 nitrogen and oxygen atoms in total. The third-order valence-electron chi connectivity index (χ3n) is 5.51. The van der Waals surface area contributed by atoms with Crippen LogP contribution in [0.4, 0.5) is 0 Å². The maximum Gasteiger partial charge on any atom is 0.326 e. The zero-order chi connectivity index (χ0) is 26.2. The van der Waals surface area contributed by atoms with Gasteiger partial charge in [0.05, 0.1) is 11.4 Å². The molecular formula is C25H32N6O5. The van der Waals surface area contributed by atoms with Gasteiger partial charge >= 0.3 is 5.97 Å². The van der Waals surface area contributed by atoms with Gasteiger partial charge in [0.15, 0.2) is 5.69 Å². The third-order valence-corrected chi connectivity index (χ3v) is 5.51. The summed E-state index contributed by atoms with van der Waals surface area (Å²) in [6, 6.07) is 5.78. The number of aromatic amines is 1. The molecule has 0 spiro atoms. The van der Waals surface area contributed by atoms with Gasteiger partial charge in [0, 0.05) is 23.6 Å². The fourth-order valence-corrected chi connectivity index (χ4v) is 3.78. The van der Waals surface area contributed by atoms with Crippen molar-refractivity contribution in [2.24, 2.45) is 16.6 Å². The fraction of sp³-hybridized carbons (Fsp3) is 0.400. The lowest BCUT2D eigenvalue weighted by Gasteiger charge is -2.17. The number of para-hydroxylation sites is 1. The van der Waals surface area contributed by atoms with Crippen LogP contribution in [0.1, 0.15) is 72.8 Å². The first kappa shape index (κ1) is 26.5. The van der Waals surface area contributed by atoms with Gasteiger partial charge in [0.25, 0.3) is 11.8 Å². The Kier molecular flexibility index (Phi) is 8.82. The van der Waals surface area contributed by atoms with E-state index in [0.29, 0.717) is 30.8 Å². The number of nitrogens with zero attached hydrogens (tertiary/aromatic N) is 2. The van der Waals surface area contributed by atoms with Gasteiger partial charge in [-0.25, -0.2) is 9.78 Å². The average molecular weight is 497 g/mol. The van der Waals surface area contributed by atoms with E-state index in [1.807, 2.05) is 38.1 Å². The zero-order valence-electron chi connectivity index (χ0n) is 20.6. The SMILES string of the molecule is CC(N)=NCCC[C@H](NC(=O)c1coc([C@H](CC(C)C)NC(=O)c2c[nH]c3ccccc23)n1)C(=O)O. The Morgan fingerprint density at radius 2 is 1.94 bits per heavy atom. The summed E-state index contributed by atoms with van der Waals surface area (Å²) in [6.07, 6.45) is 3.95. The molecule has 0 unspecified atom stereocenters. The number of hydrogen-bond acceptors (Lipinski definition) is 6. The van der Waals surface area contributed by atoms with E-state index in [-0.39, 0.29) is 29.8 Å². The molecule has 0 aliphatic carbocycles. The maximum absolute atomic E-state index is 13.1. The van der Waals surface area contributed by atoms with Crippen LogP contribution in [0, 0.1) is 5.92 Å². The summed E-state index contributed by atoms with van der Waals surface area (Å²) in [7, 11) is 0. The molecule has 2 atom stereocenters. The Morgan fingerprint density at radius 1 is 1.19 bits per heavy atom. The largest absolute Gasteiger partial charge is 0.480 e. The summed E-state index contributed by atoms with van der Waals surface area (Å²) in [5.41, 5.74) is 6.75. The van der Waals surface area contributed by atoms with E-state index in [9.17, 15) is 19.5 Å². The normalized spacial score (nSPS) is 13.5. The van der Waals surface area contributed by atoms with Crippen LogP contribution in [-0.4, -0.2) is 51.3 Å². The first-order valence-electron chi connectivity index (χ1n) is 11.8. The Bertz CT molecular complexity index is 1240. The van der Waals surface area contributed by atoms with Crippen molar-refractivity contribution in [2.75, 3.05) is 6.54 Å². The number of nitrogens with two attached hydrogens (primary N) is 1. The van der Waals surface area contributed by atoms with Crippen LogP contribution in [0.25, 0.3) is 10.9 Å². The van der Waals surface area contributed by atoms with E-state index < -0.39 is 24.0 Å². The lowest BCUT2D eigenvalue weighted by Crippen LogP contribution is -2.41. The molecule has 36 heavy (non-hydrogen) atoms. The number of rotatable bonds is 12. The van der Waals surface area contributed by atoms with Gasteiger partial charge in [-0.3, -0.25) is 14.6 Å². The van der Waals surface area contributed by atoms with Gasteiger partial charge in [0.1, 0.15) is 18.3 Å². The minimum Gasteiger partial charge on any atom is -0.480 e. The van der Waals surface area contributed by atoms with Crippen molar-refractivity contribution in [3.05, 3.63) is 53.9 Å². The van der Waals surface area contributed by atoms with Gasteiger partial charge in [0.2, 0.25) is 5.89 Å². The summed E-state index contributed by atoms with van der Waals surface area (Å²) < 4.78 is 5.55. The van der Waals surface area contributed by atoms with Gasteiger partial charge in [-0.15, -0.1) is 0 Å². The Hall–Kier alpha value is -4.15. The number of amidine groups is 1. The monoisotopic (exact) mass is 496 g/mol. The van der Waals surface area contributed by atoms with E-state index in [4.69, 9.17) is 10.2 Å². The first-order chi connectivity index (χ1) is 17.2. The molecule has 3 rings (SSSR count). The van der Waals surface area contributed by atoms with Gasteiger partial charge in [-0.1, -0.05) is 32.0 Å². The molecule has 0 bridgehead atoms. The third kappa shape index (κ3) is 6.94. The standard InChI is InChI=1S/C25H32N6O5/c1-14(2)11-20(30-22(32)17-12-28-18-8-5-4-7-16(17)18)24-31-21(13-36-24)23(33)29-19(25(34)35)9-6-10-27-15(3)26/h4-5,7-8,12-14,19-20,28H,6,9-11H2,1-3H3,(H2,26,27)(H,29,33)(H,30,32)(H,34,35)/t19-,20-/m0/s1. The van der Waals surface area contributed by atoms with E-state index >= 15 is 0 Å². The predicted octanol–water partition coefficient (Wildman–Crippen LogP) is 3.01. The van der Waals surface area contributed by atoms with Gasteiger partial charge in [-0.2, -0.15) is 0 Å². The van der Waals surface area contributed by atoms with E-state index in [1.165, 1.54) is 0 Å². The summed E-state index contributed by atoms with van der Waals surface area (Å²) in [5, 5.41) is 15.7. The van der Waals surface area contributed by atoms with Gasteiger partial charge < -0.3 is 30.9 Å². The molecule has 0 radical (unpaired) electrons. The molecular weight excluding hydrogens is 464 g/mol. The first-order valence-corrected chi connectivity index (χ1v) is 11.8. The Labute approximate surface area is 208 Å². The van der Waals surface area contributed by atoms with Crippen molar-refractivity contribution in [1.82, 2.24) is 20.6 Å². The highest BCUT2D eigenvalue weighted by molar-refractivity contribution is 6.06. The van der Waals surface area contributed by atoms with Crippen LogP contribution in [0.5, 0.6) is 0 Å². The number of aromatic nitrogens is 2. The van der Waals surface area contributed by atoms with E-state index in [2.05, 4.69) is 25.6 Å². The smallest absolute Gasteiger partial charge is 0.326 e. The maximum atomic E-state index is 13.1. The quantitative estimate of drug-likeness (QED) is 0.145. The van der Waals surface area contributed by atoms with E-state index in [0.717, 1.165) is 17.2 Å². The number of H-pyrrole nitrogens is 1. The topological polar surface area (TPSA) is 176 Å². The van der Waals surface area contributed by atoms with Crippen molar-refractivity contribution in [2.45, 2.75) is 52.1 Å². The highest BCUT2D eigenvalue weighted by Crippen LogP contribution is 2.24. The number of fused-ring (bicyclic) bond motifs is 1. The van der Waals surface area contributed by atoms with E-state index in [1.54, 1.807) is 13.1 Å². The number of carboxylic acid groups (broad SMARTS) is 1. The number of amides is 2. The summed E-state index contributed by atoms with van der Waals surface area (Å²) in [4.78, 5) is 48.7. The van der Waals surface area contributed by atoms with Crippen molar-refractivity contribution >= 4 is 34.5 Å². The number of oxazole rings is 1. The Balaban J connectivity index is 1.71. The number of hydrogen-bond donors (Lipinski definition) is 5. The number of benzene rings is 1. The van der Waals surface area contributed by atoms with Crippen molar-refractivity contribution in [3.8, 4) is 0 Å². The van der Waals surface area contributed by atoms with Crippen LogP contribution in [0.15, 0.2) is 46.1 Å². The summed E-state index contributed by atoms with van der Waals surface area (Å²) in [5.74, 6) is -1.37. The summed E-state index contributed by atoms with van der Waals surface area (Å²) >= 11 is 0. The highest BCUT2D eigenvalue weighted by atomic mass is 16.4. The molecule has 0 saturated heterocycles. The predicted molar refractivity (Wildman–Crippen MR) is 135 cm³/mol. The molecule has 6 N–H and O–H groups in total. The van der Waals surface area contributed by atoms with Crippen molar-refractivity contribution in [1.29, 1.82) is 0 Å². The minimum absolute atomic E-state index is 0.0674. The number of carbonyl (C=O) groups is 3. The Morgan fingerprint density at radius 3 is 2.64 bits per heavy atom. The van der Waals surface area contributed by atoms with Crippen LogP contribution >= 0.6 is 0 Å². The molecule has 2 amide bonds. The fourth-order valence-electron chi connectivity index (χ4n) is 3.78. The molecule has 2 heterocycles. The lowest BCUT2D eigenvalue weighted by atomic mass is 10.0. The minimum atomic E-state index is -1.16. The molecule has 11 heteroatoms. The second kappa shape index (κ2) is 12.0. The molecule has 3 aromatic rings. The zero-order valence-corrected chi connectivity index (χ0v) is 20.6. The second-order valence-corrected chi connectivity index (χ2v) is 9.00. The molecule has 0 fully saturated rings. The van der Waals surface area contributed by atoms with Crippen LogP contribution in [0.2, 0.25) is 0 Å². The average Bonchev–Trinajstić information content (AvgIpc) is 3.47. The number of aliphatic carboxylic acids is 1. The van der Waals surface area contributed by atoms with Crippen LogP contribution < -0.4 is 16.4 Å². The highest BCUT2D eigenvalue weighted by Gasteiger charge is 2.26. The number of carboxylic acids is 1. The molecule has 1 aromatic carbocycles. The molecule has 0 aliphatic rings. The number of aliphatic imine (C=N–C) groups is 1. The van der Waals surface area contributed by atoms with Crippen molar-refractivity contribution < 1.29 is 23.9 Å².